The number of likely N-dealkylation sites (tertiary alicyclic amines) is 1. The molecule has 0 aromatic carbocycles. The van der Waals surface area contributed by atoms with E-state index in [0.29, 0.717) is 5.41 Å². The summed E-state index contributed by atoms with van der Waals surface area (Å²) in [7, 11) is 0. The van der Waals surface area contributed by atoms with Crippen LogP contribution in [0.1, 0.15) is 38.5 Å². The maximum Gasteiger partial charge on any atom is 0.251 e. The predicted octanol–water partition coefficient (Wildman–Crippen LogP) is 1.57. The second kappa shape index (κ2) is 3.48. The van der Waals surface area contributed by atoms with E-state index >= 15 is 0 Å². The quantitative estimate of drug-likeness (QED) is 0.656. The van der Waals surface area contributed by atoms with E-state index < -0.39 is 0 Å². The molecular formula is C12H19NO2. The lowest BCUT2D eigenvalue weighted by molar-refractivity contribution is -0.142. The van der Waals surface area contributed by atoms with E-state index in [1.165, 1.54) is 25.7 Å². The zero-order chi connectivity index (χ0) is 10.3. The van der Waals surface area contributed by atoms with Crippen molar-refractivity contribution in [3.8, 4) is 0 Å². The number of nitrogens with zero attached hydrogens (tertiary/aromatic N) is 1. The molecule has 3 rings (SSSR count). The molecule has 0 N–H and O–H groups in total. The number of piperidine rings is 1. The molecule has 1 amide bonds. The van der Waals surface area contributed by atoms with Gasteiger partial charge in [-0.2, -0.15) is 0 Å². The highest BCUT2D eigenvalue weighted by molar-refractivity contribution is 5.81. The van der Waals surface area contributed by atoms with Crippen molar-refractivity contribution in [2.75, 3.05) is 19.7 Å². The number of carbonyl (C=O) groups excluding carboxylic acids is 1. The fraction of sp³-hybridized carbons (Fsp3) is 0.917. The molecule has 1 atom stereocenters. The second-order valence-electron chi connectivity index (χ2n) is 5.33. The van der Waals surface area contributed by atoms with Crippen LogP contribution in [0.3, 0.4) is 0 Å². The van der Waals surface area contributed by atoms with Crippen LogP contribution in [0.5, 0.6) is 0 Å². The summed E-state index contributed by atoms with van der Waals surface area (Å²) in [6.45, 7) is 2.71. The minimum atomic E-state index is -0.113. The summed E-state index contributed by atoms with van der Waals surface area (Å²) < 4.78 is 5.44. The fourth-order valence-corrected chi connectivity index (χ4v) is 2.85. The maximum atomic E-state index is 12.0. The van der Waals surface area contributed by atoms with Crippen molar-refractivity contribution in [1.82, 2.24) is 4.90 Å². The van der Waals surface area contributed by atoms with Crippen molar-refractivity contribution in [2.45, 2.75) is 44.6 Å². The average molecular weight is 209 g/mol. The highest BCUT2D eigenvalue weighted by Crippen LogP contribution is 2.53. The lowest BCUT2D eigenvalue weighted by atomic mass is 9.93. The van der Waals surface area contributed by atoms with Crippen LogP contribution in [-0.2, 0) is 9.53 Å². The highest BCUT2D eigenvalue weighted by Gasteiger charge is 2.45. The van der Waals surface area contributed by atoms with Crippen LogP contribution >= 0.6 is 0 Å². The van der Waals surface area contributed by atoms with Crippen LogP contribution in [0, 0.1) is 5.41 Å². The first kappa shape index (κ1) is 9.64. The van der Waals surface area contributed by atoms with Crippen LogP contribution in [0.4, 0.5) is 0 Å². The minimum absolute atomic E-state index is 0.113. The first-order chi connectivity index (χ1) is 7.29. The van der Waals surface area contributed by atoms with Crippen molar-refractivity contribution >= 4 is 5.91 Å². The molecule has 1 unspecified atom stereocenters. The van der Waals surface area contributed by atoms with Crippen molar-refractivity contribution in [3.05, 3.63) is 0 Å². The van der Waals surface area contributed by atoms with Gasteiger partial charge in [-0.1, -0.05) is 0 Å². The summed E-state index contributed by atoms with van der Waals surface area (Å²) in [5, 5.41) is 0. The number of hydrogen-bond acceptors (Lipinski definition) is 2. The molecule has 0 aromatic rings. The number of hydrogen-bond donors (Lipinski definition) is 0. The second-order valence-corrected chi connectivity index (χ2v) is 5.33. The van der Waals surface area contributed by atoms with Crippen LogP contribution in [0.25, 0.3) is 0 Å². The molecule has 1 saturated carbocycles. The number of ether oxygens (including phenoxy) is 1. The lowest BCUT2D eigenvalue weighted by Gasteiger charge is -2.33. The normalized spacial score (nSPS) is 33.3. The summed E-state index contributed by atoms with van der Waals surface area (Å²) >= 11 is 0. The molecule has 3 aliphatic rings. The van der Waals surface area contributed by atoms with Crippen LogP contribution in [-0.4, -0.2) is 36.6 Å². The molecule has 2 aliphatic heterocycles. The fourth-order valence-electron chi connectivity index (χ4n) is 2.85. The topological polar surface area (TPSA) is 29.5 Å². The molecule has 3 heteroatoms. The predicted molar refractivity (Wildman–Crippen MR) is 56.5 cm³/mol. The molecule has 2 heterocycles. The van der Waals surface area contributed by atoms with Crippen molar-refractivity contribution in [2.24, 2.45) is 5.41 Å². The molecule has 84 valence electrons. The Hall–Kier alpha value is -0.570. The third-order valence-corrected chi connectivity index (χ3v) is 4.30. The van der Waals surface area contributed by atoms with Gasteiger partial charge >= 0.3 is 0 Å². The lowest BCUT2D eigenvalue weighted by Crippen LogP contribution is -2.44. The number of carbonyl (C=O) groups is 1. The molecule has 0 aromatic heterocycles. The van der Waals surface area contributed by atoms with Gasteiger partial charge in [-0.15, -0.1) is 0 Å². The third kappa shape index (κ3) is 1.78. The molecule has 2 saturated heterocycles. The van der Waals surface area contributed by atoms with E-state index in [2.05, 4.69) is 0 Å². The van der Waals surface area contributed by atoms with E-state index in [-0.39, 0.29) is 12.0 Å². The van der Waals surface area contributed by atoms with Gasteiger partial charge < -0.3 is 9.64 Å². The Bertz CT molecular complexity index is 257. The smallest absolute Gasteiger partial charge is 0.251 e. The first-order valence-electron chi connectivity index (χ1n) is 6.20. The summed E-state index contributed by atoms with van der Waals surface area (Å²) in [4.78, 5) is 14.1. The number of amides is 1. The molecule has 0 radical (unpaired) electrons. The Morgan fingerprint density at radius 1 is 1.20 bits per heavy atom. The molecule has 3 fully saturated rings. The maximum absolute atomic E-state index is 12.0. The summed E-state index contributed by atoms with van der Waals surface area (Å²) in [5.74, 6) is 0.253. The Morgan fingerprint density at radius 3 is 2.47 bits per heavy atom. The van der Waals surface area contributed by atoms with E-state index in [0.717, 1.165) is 32.5 Å². The SMILES string of the molecule is O=C(C1CCCO1)N1CCC2(CC1)CC2. The highest BCUT2D eigenvalue weighted by atomic mass is 16.5. The average Bonchev–Trinajstić information content (AvgIpc) is 2.84. The molecule has 15 heavy (non-hydrogen) atoms. The third-order valence-electron chi connectivity index (χ3n) is 4.30. The van der Waals surface area contributed by atoms with Gasteiger partial charge in [-0.3, -0.25) is 4.79 Å². The van der Waals surface area contributed by atoms with Gasteiger partial charge in [0.2, 0.25) is 0 Å². The van der Waals surface area contributed by atoms with E-state index in [1.54, 1.807) is 0 Å². The van der Waals surface area contributed by atoms with Gasteiger partial charge in [0.1, 0.15) is 6.10 Å². The van der Waals surface area contributed by atoms with E-state index in [1.807, 2.05) is 4.90 Å². The van der Waals surface area contributed by atoms with E-state index in [9.17, 15) is 4.79 Å². The first-order valence-corrected chi connectivity index (χ1v) is 6.20. The van der Waals surface area contributed by atoms with Gasteiger partial charge in [0.15, 0.2) is 0 Å². The summed E-state index contributed by atoms with van der Waals surface area (Å²) in [6.07, 6.45) is 7.12. The van der Waals surface area contributed by atoms with Gasteiger partial charge in [0.05, 0.1) is 0 Å². The summed E-state index contributed by atoms with van der Waals surface area (Å²) in [6, 6.07) is 0. The Kier molecular flexibility index (Phi) is 2.23. The van der Waals surface area contributed by atoms with E-state index in [4.69, 9.17) is 4.74 Å². The van der Waals surface area contributed by atoms with Gasteiger partial charge in [-0.25, -0.2) is 0 Å². The monoisotopic (exact) mass is 209 g/mol. The minimum Gasteiger partial charge on any atom is -0.368 e. The zero-order valence-corrected chi connectivity index (χ0v) is 9.21. The Balaban J connectivity index is 1.56. The van der Waals surface area contributed by atoms with Crippen molar-refractivity contribution < 1.29 is 9.53 Å². The molecule has 1 aliphatic carbocycles. The van der Waals surface area contributed by atoms with Crippen molar-refractivity contribution in [1.29, 1.82) is 0 Å². The largest absolute Gasteiger partial charge is 0.368 e. The van der Waals surface area contributed by atoms with Crippen LogP contribution < -0.4 is 0 Å². The Labute approximate surface area is 90.8 Å². The van der Waals surface area contributed by atoms with Crippen molar-refractivity contribution in [3.63, 3.8) is 0 Å². The standard InChI is InChI=1S/C12H19NO2/c14-11(10-2-1-9-15-10)13-7-5-12(3-4-12)6-8-13/h10H,1-9H2. The van der Waals surface area contributed by atoms with Crippen LogP contribution in [0.2, 0.25) is 0 Å². The molecular weight excluding hydrogens is 190 g/mol. The van der Waals surface area contributed by atoms with Gasteiger partial charge in [-0.05, 0) is 43.9 Å². The van der Waals surface area contributed by atoms with Gasteiger partial charge in [0, 0.05) is 19.7 Å². The van der Waals surface area contributed by atoms with Crippen LogP contribution in [0.15, 0.2) is 0 Å². The Morgan fingerprint density at radius 2 is 1.93 bits per heavy atom. The summed E-state index contributed by atoms with van der Waals surface area (Å²) in [5.41, 5.74) is 0.660. The van der Waals surface area contributed by atoms with Gasteiger partial charge in [0.25, 0.3) is 5.91 Å². The molecule has 3 nitrogen and oxygen atoms in total. The number of rotatable bonds is 1. The molecule has 0 bridgehead atoms. The zero-order valence-electron chi connectivity index (χ0n) is 9.21. The molecule has 1 spiro atoms.